The summed E-state index contributed by atoms with van der Waals surface area (Å²) in [6.07, 6.45) is 4.37. The highest BCUT2D eigenvalue weighted by Crippen LogP contribution is 2.35. The molecule has 0 spiro atoms. The van der Waals surface area contributed by atoms with Crippen molar-refractivity contribution in [2.75, 3.05) is 24.5 Å². The quantitative estimate of drug-likeness (QED) is 0.564. The SMILES string of the molecule is CC(C)(C)OC(=O)N1CCC(NC(=O)c2cnc3ccc(N4CCC[C@@H]4c4cccc(F)c4)nn23)CC1. The van der Waals surface area contributed by atoms with Crippen LogP contribution in [0.15, 0.2) is 42.6 Å². The Morgan fingerprint density at radius 1 is 1.08 bits per heavy atom. The fourth-order valence-electron chi connectivity index (χ4n) is 5.07. The number of carbonyl (C=O) groups excluding carboxylic acids is 2. The molecule has 9 nitrogen and oxygen atoms in total. The van der Waals surface area contributed by atoms with Crippen molar-refractivity contribution in [3.63, 3.8) is 0 Å². The average molecular weight is 509 g/mol. The fourth-order valence-corrected chi connectivity index (χ4v) is 5.07. The van der Waals surface area contributed by atoms with Crippen molar-refractivity contribution in [3.05, 3.63) is 59.7 Å². The number of piperidine rings is 1. The Labute approximate surface area is 215 Å². The monoisotopic (exact) mass is 508 g/mol. The van der Waals surface area contributed by atoms with E-state index in [1.807, 2.05) is 39.0 Å². The number of hydrogen-bond acceptors (Lipinski definition) is 6. The standard InChI is InChI=1S/C27H33FN6O3/c1-27(2,3)37-26(36)32-14-11-20(12-15-32)30-25(35)22-17-29-23-9-10-24(31-34(22)23)33-13-5-8-21(33)18-6-4-7-19(28)16-18/h4,6-7,9-10,16-17,20-21H,5,8,11-15H2,1-3H3,(H,30,35)/t21-/m1/s1. The van der Waals surface area contributed by atoms with Gasteiger partial charge in [-0.2, -0.15) is 0 Å². The van der Waals surface area contributed by atoms with Crippen LogP contribution in [0.4, 0.5) is 15.0 Å². The van der Waals surface area contributed by atoms with Crippen molar-refractivity contribution in [3.8, 4) is 0 Å². The number of carbonyl (C=O) groups is 2. The molecule has 0 radical (unpaired) electrons. The Balaban J connectivity index is 1.27. The Morgan fingerprint density at radius 2 is 1.86 bits per heavy atom. The molecule has 0 bridgehead atoms. The minimum atomic E-state index is -0.538. The second kappa shape index (κ2) is 9.99. The zero-order valence-corrected chi connectivity index (χ0v) is 21.5. The van der Waals surface area contributed by atoms with Gasteiger partial charge < -0.3 is 19.9 Å². The van der Waals surface area contributed by atoms with E-state index in [9.17, 15) is 14.0 Å². The zero-order chi connectivity index (χ0) is 26.2. The molecular weight excluding hydrogens is 475 g/mol. The highest BCUT2D eigenvalue weighted by Gasteiger charge is 2.30. The van der Waals surface area contributed by atoms with Crippen LogP contribution in [-0.2, 0) is 4.74 Å². The Kier molecular flexibility index (Phi) is 6.74. The minimum absolute atomic E-state index is 0.0246. The van der Waals surface area contributed by atoms with Crippen LogP contribution < -0.4 is 10.2 Å². The first-order valence-corrected chi connectivity index (χ1v) is 12.8. The molecule has 0 saturated carbocycles. The van der Waals surface area contributed by atoms with Crippen LogP contribution in [0.2, 0.25) is 0 Å². The molecule has 4 heterocycles. The molecule has 5 rings (SSSR count). The number of rotatable bonds is 4. The van der Waals surface area contributed by atoms with E-state index in [0.717, 1.165) is 30.8 Å². The summed E-state index contributed by atoms with van der Waals surface area (Å²) >= 11 is 0. The number of ether oxygens (including phenoxy) is 1. The van der Waals surface area contributed by atoms with Crippen LogP contribution in [0.25, 0.3) is 5.65 Å². The van der Waals surface area contributed by atoms with Crippen LogP contribution in [0.1, 0.15) is 68.5 Å². The summed E-state index contributed by atoms with van der Waals surface area (Å²) in [7, 11) is 0. The van der Waals surface area contributed by atoms with Gasteiger partial charge >= 0.3 is 6.09 Å². The number of fused-ring (bicyclic) bond motifs is 1. The van der Waals surface area contributed by atoms with Crippen molar-refractivity contribution in [2.45, 2.75) is 64.1 Å². The predicted octanol–water partition coefficient (Wildman–Crippen LogP) is 4.34. The lowest BCUT2D eigenvalue weighted by Crippen LogP contribution is -2.48. The lowest BCUT2D eigenvalue weighted by atomic mass is 10.0. The number of nitrogens with one attached hydrogen (secondary N) is 1. The van der Waals surface area contributed by atoms with Crippen molar-refractivity contribution in [1.29, 1.82) is 0 Å². The molecule has 2 aliphatic rings. The van der Waals surface area contributed by atoms with Crippen LogP contribution >= 0.6 is 0 Å². The van der Waals surface area contributed by atoms with Crippen LogP contribution in [-0.4, -0.2) is 62.8 Å². The van der Waals surface area contributed by atoms with E-state index in [1.165, 1.54) is 12.3 Å². The maximum absolute atomic E-state index is 13.9. The Hall–Kier alpha value is -3.69. The van der Waals surface area contributed by atoms with Gasteiger partial charge in [0, 0.05) is 25.7 Å². The van der Waals surface area contributed by atoms with Gasteiger partial charge in [0.2, 0.25) is 0 Å². The summed E-state index contributed by atoms with van der Waals surface area (Å²) in [6, 6.07) is 10.4. The number of benzene rings is 1. The first-order chi connectivity index (χ1) is 17.7. The predicted molar refractivity (Wildman–Crippen MR) is 137 cm³/mol. The second-order valence-corrected chi connectivity index (χ2v) is 10.7. The smallest absolute Gasteiger partial charge is 0.410 e. The van der Waals surface area contributed by atoms with Gasteiger partial charge in [-0.15, -0.1) is 5.10 Å². The molecule has 196 valence electrons. The lowest BCUT2D eigenvalue weighted by Gasteiger charge is -2.33. The molecule has 2 saturated heterocycles. The third-order valence-corrected chi connectivity index (χ3v) is 6.84. The lowest BCUT2D eigenvalue weighted by molar-refractivity contribution is 0.0199. The van der Waals surface area contributed by atoms with E-state index in [2.05, 4.69) is 15.2 Å². The summed E-state index contributed by atoms with van der Waals surface area (Å²) in [4.78, 5) is 33.7. The van der Waals surface area contributed by atoms with Crippen molar-refractivity contribution in [2.24, 2.45) is 0 Å². The average Bonchev–Trinajstić information content (AvgIpc) is 3.50. The van der Waals surface area contributed by atoms with Gasteiger partial charge in [0.05, 0.1) is 12.2 Å². The maximum Gasteiger partial charge on any atom is 0.410 e. The Morgan fingerprint density at radius 3 is 2.59 bits per heavy atom. The number of anilines is 1. The third-order valence-electron chi connectivity index (χ3n) is 6.84. The van der Waals surface area contributed by atoms with Crippen LogP contribution in [0, 0.1) is 5.82 Å². The van der Waals surface area contributed by atoms with E-state index in [1.54, 1.807) is 21.5 Å². The summed E-state index contributed by atoms with van der Waals surface area (Å²) in [6.45, 7) is 7.37. The fraction of sp³-hybridized carbons (Fsp3) is 0.481. The number of imidazole rings is 1. The molecule has 2 aromatic heterocycles. The summed E-state index contributed by atoms with van der Waals surface area (Å²) in [5.41, 5.74) is 1.31. The van der Waals surface area contributed by atoms with Gasteiger partial charge in [0.1, 0.15) is 17.2 Å². The van der Waals surface area contributed by atoms with E-state index in [0.29, 0.717) is 37.3 Å². The minimum Gasteiger partial charge on any atom is -0.444 e. The van der Waals surface area contributed by atoms with Crippen molar-refractivity contribution < 1.29 is 18.7 Å². The van der Waals surface area contributed by atoms with Crippen molar-refractivity contribution >= 4 is 23.5 Å². The highest BCUT2D eigenvalue weighted by atomic mass is 19.1. The summed E-state index contributed by atoms with van der Waals surface area (Å²) in [5.74, 6) is 0.214. The number of likely N-dealkylation sites (tertiary alicyclic amines) is 1. The molecule has 1 aromatic carbocycles. The van der Waals surface area contributed by atoms with E-state index >= 15 is 0 Å². The van der Waals surface area contributed by atoms with Crippen molar-refractivity contribution in [1.82, 2.24) is 24.8 Å². The first-order valence-electron chi connectivity index (χ1n) is 12.8. The molecule has 37 heavy (non-hydrogen) atoms. The molecule has 3 aromatic rings. The van der Waals surface area contributed by atoms with Crippen LogP contribution in [0.5, 0.6) is 0 Å². The number of halogens is 1. The van der Waals surface area contributed by atoms with E-state index in [4.69, 9.17) is 9.84 Å². The molecule has 10 heteroatoms. The molecule has 0 unspecified atom stereocenters. The highest BCUT2D eigenvalue weighted by molar-refractivity contribution is 5.93. The molecular formula is C27H33FN6O3. The molecule has 1 atom stereocenters. The first kappa shape index (κ1) is 25.0. The maximum atomic E-state index is 13.9. The topological polar surface area (TPSA) is 92.1 Å². The van der Waals surface area contributed by atoms with Gasteiger partial charge in [0.15, 0.2) is 11.3 Å². The zero-order valence-electron chi connectivity index (χ0n) is 21.5. The van der Waals surface area contributed by atoms with E-state index < -0.39 is 5.60 Å². The Bertz CT molecular complexity index is 1290. The van der Waals surface area contributed by atoms with Gasteiger partial charge in [-0.1, -0.05) is 12.1 Å². The van der Waals surface area contributed by atoms with Gasteiger partial charge in [-0.25, -0.2) is 18.7 Å². The van der Waals surface area contributed by atoms with Gasteiger partial charge in [-0.05, 0) is 76.3 Å². The van der Waals surface area contributed by atoms with Gasteiger partial charge in [0.25, 0.3) is 5.91 Å². The molecule has 1 N–H and O–H groups in total. The van der Waals surface area contributed by atoms with E-state index in [-0.39, 0.29) is 29.9 Å². The number of hydrogen-bond donors (Lipinski definition) is 1. The third kappa shape index (κ3) is 5.52. The summed E-state index contributed by atoms with van der Waals surface area (Å²) in [5, 5.41) is 7.83. The van der Waals surface area contributed by atoms with Crippen LogP contribution in [0.3, 0.4) is 0 Å². The second-order valence-electron chi connectivity index (χ2n) is 10.7. The molecule has 0 aliphatic carbocycles. The number of aromatic nitrogens is 3. The molecule has 2 amide bonds. The summed E-state index contributed by atoms with van der Waals surface area (Å²) < 4.78 is 20.9. The molecule has 2 aliphatic heterocycles. The van der Waals surface area contributed by atoms with Gasteiger partial charge in [-0.3, -0.25) is 4.79 Å². The normalized spacial score (nSPS) is 18.9. The largest absolute Gasteiger partial charge is 0.444 e. The number of nitrogens with zero attached hydrogens (tertiary/aromatic N) is 5. The number of amides is 2. The molecule has 2 fully saturated rings.